The highest BCUT2D eigenvalue weighted by Gasteiger charge is 2.07. The number of benzene rings is 2. The molecule has 5 nitrogen and oxygen atoms in total. The molecular weight excluding hydrogens is 342 g/mol. The van der Waals surface area contributed by atoms with Crippen LogP contribution < -0.4 is 14.8 Å². The van der Waals surface area contributed by atoms with Crippen LogP contribution >= 0.6 is 0 Å². The number of methoxy groups -OCH3 is 1. The maximum absolute atomic E-state index is 12.4. The van der Waals surface area contributed by atoms with Crippen LogP contribution in [-0.4, -0.2) is 25.4 Å². The van der Waals surface area contributed by atoms with Crippen molar-refractivity contribution in [2.24, 2.45) is 5.92 Å². The van der Waals surface area contributed by atoms with Gasteiger partial charge in [0.2, 0.25) is 5.91 Å². The third kappa shape index (κ3) is 6.29. The number of carbonyl (C=O) groups excluding carboxylic acids is 2. The first kappa shape index (κ1) is 20.2. The highest BCUT2D eigenvalue weighted by atomic mass is 16.5. The average molecular weight is 367 g/mol. The van der Waals surface area contributed by atoms with Gasteiger partial charge in [-0.05, 0) is 41.8 Å². The number of hydrogen-bond donors (Lipinski definition) is 1. The maximum atomic E-state index is 12.4. The molecule has 0 atom stereocenters. The zero-order valence-electron chi connectivity index (χ0n) is 16.1. The zero-order chi connectivity index (χ0) is 19.8. The van der Waals surface area contributed by atoms with E-state index in [0.717, 1.165) is 5.56 Å². The summed E-state index contributed by atoms with van der Waals surface area (Å²) in [6.07, 6.45) is 3.23. The summed E-state index contributed by atoms with van der Waals surface area (Å²) >= 11 is 0. The Morgan fingerprint density at radius 1 is 1.11 bits per heavy atom. The second kappa shape index (κ2) is 9.57. The van der Waals surface area contributed by atoms with Crippen LogP contribution in [0.25, 0.3) is 6.08 Å². The van der Waals surface area contributed by atoms with Gasteiger partial charge in [-0.1, -0.05) is 38.1 Å². The molecular formula is C22H25NO4. The number of allylic oxidation sites excluding steroid dienone is 1. The fourth-order valence-corrected chi connectivity index (χ4v) is 2.39. The van der Waals surface area contributed by atoms with Crippen LogP contribution in [0.5, 0.6) is 11.5 Å². The van der Waals surface area contributed by atoms with Crippen LogP contribution in [0.15, 0.2) is 48.5 Å². The molecule has 5 heteroatoms. The van der Waals surface area contributed by atoms with Gasteiger partial charge in [-0.3, -0.25) is 9.59 Å². The highest BCUT2D eigenvalue weighted by molar-refractivity contribution is 6.07. The molecule has 0 heterocycles. The van der Waals surface area contributed by atoms with Crippen molar-refractivity contribution in [1.82, 2.24) is 0 Å². The number of amides is 1. The van der Waals surface area contributed by atoms with E-state index in [0.29, 0.717) is 35.3 Å². The van der Waals surface area contributed by atoms with Gasteiger partial charge in [0, 0.05) is 18.2 Å². The lowest BCUT2D eigenvalue weighted by Crippen LogP contribution is -2.06. The Morgan fingerprint density at radius 3 is 2.56 bits per heavy atom. The molecule has 142 valence electrons. The number of anilines is 1. The number of nitrogens with one attached hydrogen (secondary N) is 1. The molecule has 1 amide bonds. The maximum Gasteiger partial charge on any atom is 0.221 e. The van der Waals surface area contributed by atoms with E-state index < -0.39 is 0 Å². The summed E-state index contributed by atoms with van der Waals surface area (Å²) in [5.41, 5.74) is 1.93. The second-order valence-corrected chi connectivity index (χ2v) is 6.57. The number of carbonyl (C=O) groups is 2. The predicted molar refractivity (Wildman–Crippen MR) is 107 cm³/mol. The average Bonchev–Trinajstić information content (AvgIpc) is 2.64. The van der Waals surface area contributed by atoms with Gasteiger partial charge in [0.1, 0.15) is 0 Å². The molecule has 0 fully saturated rings. The molecule has 0 saturated heterocycles. The molecule has 2 rings (SSSR count). The van der Waals surface area contributed by atoms with Crippen LogP contribution in [0.2, 0.25) is 0 Å². The zero-order valence-corrected chi connectivity index (χ0v) is 16.1. The van der Waals surface area contributed by atoms with E-state index in [-0.39, 0.29) is 11.7 Å². The van der Waals surface area contributed by atoms with Gasteiger partial charge in [-0.2, -0.15) is 0 Å². The summed E-state index contributed by atoms with van der Waals surface area (Å²) < 4.78 is 11.1. The number of ketones is 1. The summed E-state index contributed by atoms with van der Waals surface area (Å²) in [5, 5.41) is 2.67. The lowest BCUT2D eigenvalue weighted by molar-refractivity contribution is -0.114. The monoisotopic (exact) mass is 367 g/mol. The van der Waals surface area contributed by atoms with E-state index in [9.17, 15) is 9.59 Å². The topological polar surface area (TPSA) is 64.6 Å². The van der Waals surface area contributed by atoms with Crippen molar-refractivity contribution in [3.63, 3.8) is 0 Å². The summed E-state index contributed by atoms with van der Waals surface area (Å²) in [6, 6.07) is 12.4. The molecule has 27 heavy (non-hydrogen) atoms. The summed E-state index contributed by atoms with van der Waals surface area (Å²) in [5.74, 6) is 1.37. The van der Waals surface area contributed by atoms with E-state index in [1.165, 1.54) is 13.0 Å². The van der Waals surface area contributed by atoms with Crippen LogP contribution in [0, 0.1) is 5.92 Å². The molecule has 1 N–H and O–H groups in total. The van der Waals surface area contributed by atoms with E-state index in [2.05, 4.69) is 19.2 Å². The molecule has 0 spiro atoms. The van der Waals surface area contributed by atoms with Crippen LogP contribution in [0.3, 0.4) is 0 Å². The first-order valence-corrected chi connectivity index (χ1v) is 8.80. The fourth-order valence-electron chi connectivity index (χ4n) is 2.39. The van der Waals surface area contributed by atoms with Crippen molar-refractivity contribution in [1.29, 1.82) is 0 Å². The Morgan fingerprint density at radius 2 is 1.89 bits per heavy atom. The van der Waals surface area contributed by atoms with Crippen molar-refractivity contribution in [3.05, 3.63) is 59.7 Å². The van der Waals surface area contributed by atoms with Gasteiger partial charge in [0.15, 0.2) is 17.3 Å². The Balaban J connectivity index is 2.15. The van der Waals surface area contributed by atoms with Crippen molar-refractivity contribution >= 4 is 23.5 Å². The number of ether oxygens (including phenoxy) is 2. The minimum atomic E-state index is -0.178. The SMILES string of the molecule is COc1ccc(/C=C/C(=O)c2cccc(NC(C)=O)c2)cc1OCC(C)C. The molecule has 0 aromatic heterocycles. The fraction of sp³-hybridized carbons (Fsp3) is 0.273. The molecule has 0 unspecified atom stereocenters. The molecule has 0 aliphatic carbocycles. The lowest BCUT2D eigenvalue weighted by atomic mass is 10.1. The predicted octanol–water partition coefficient (Wildman–Crippen LogP) is 4.58. The lowest BCUT2D eigenvalue weighted by Gasteiger charge is -2.13. The van der Waals surface area contributed by atoms with Crippen molar-refractivity contribution < 1.29 is 19.1 Å². The standard InChI is InChI=1S/C22H25NO4/c1-15(2)14-27-22-12-17(9-11-21(22)26-4)8-10-20(25)18-6-5-7-19(13-18)23-16(3)24/h5-13,15H,14H2,1-4H3,(H,23,24)/b10-8+. The molecule has 0 radical (unpaired) electrons. The highest BCUT2D eigenvalue weighted by Crippen LogP contribution is 2.29. The Hall–Kier alpha value is -3.08. The van der Waals surface area contributed by atoms with Gasteiger partial charge < -0.3 is 14.8 Å². The number of hydrogen-bond acceptors (Lipinski definition) is 4. The summed E-state index contributed by atoms with van der Waals surface area (Å²) in [4.78, 5) is 23.6. The van der Waals surface area contributed by atoms with Crippen molar-refractivity contribution in [2.45, 2.75) is 20.8 Å². The van der Waals surface area contributed by atoms with Crippen LogP contribution in [0.4, 0.5) is 5.69 Å². The second-order valence-electron chi connectivity index (χ2n) is 6.57. The molecule has 0 aliphatic heterocycles. The Bertz CT molecular complexity index is 840. The van der Waals surface area contributed by atoms with E-state index >= 15 is 0 Å². The van der Waals surface area contributed by atoms with Gasteiger partial charge in [0.05, 0.1) is 13.7 Å². The molecule has 2 aromatic carbocycles. The number of rotatable bonds is 8. The third-order valence-corrected chi connectivity index (χ3v) is 3.65. The largest absolute Gasteiger partial charge is 0.493 e. The summed E-state index contributed by atoms with van der Waals surface area (Å²) in [6.45, 7) is 6.16. The quantitative estimate of drug-likeness (QED) is 0.548. The molecule has 0 saturated carbocycles. The minimum Gasteiger partial charge on any atom is -0.493 e. The molecule has 0 bridgehead atoms. The Kier molecular flexibility index (Phi) is 7.17. The van der Waals surface area contributed by atoms with Gasteiger partial charge in [-0.25, -0.2) is 0 Å². The normalized spacial score (nSPS) is 10.9. The van der Waals surface area contributed by atoms with E-state index in [4.69, 9.17) is 9.47 Å². The van der Waals surface area contributed by atoms with Crippen molar-refractivity contribution in [2.75, 3.05) is 19.0 Å². The van der Waals surface area contributed by atoms with Crippen LogP contribution in [0.1, 0.15) is 36.7 Å². The van der Waals surface area contributed by atoms with Gasteiger partial charge in [-0.15, -0.1) is 0 Å². The first-order valence-electron chi connectivity index (χ1n) is 8.80. The van der Waals surface area contributed by atoms with E-state index in [1.54, 1.807) is 37.5 Å². The van der Waals surface area contributed by atoms with Crippen LogP contribution in [-0.2, 0) is 4.79 Å². The smallest absolute Gasteiger partial charge is 0.221 e. The van der Waals surface area contributed by atoms with Crippen molar-refractivity contribution in [3.8, 4) is 11.5 Å². The van der Waals surface area contributed by atoms with E-state index in [1.807, 2.05) is 18.2 Å². The molecule has 2 aromatic rings. The first-order chi connectivity index (χ1) is 12.9. The minimum absolute atomic E-state index is 0.150. The third-order valence-electron chi connectivity index (χ3n) is 3.65. The van der Waals surface area contributed by atoms with Gasteiger partial charge >= 0.3 is 0 Å². The summed E-state index contributed by atoms with van der Waals surface area (Å²) in [7, 11) is 1.60. The van der Waals surface area contributed by atoms with Gasteiger partial charge in [0.25, 0.3) is 0 Å². The Labute approximate surface area is 160 Å². The molecule has 0 aliphatic rings.